The van der Waals surface area contributed by atoms with E-state index in [4.69, 9.17) is 5.26 Å². The van der Waals surface area contributed by atoms with E-state index in [1.165, 1.54) is 28.6 Å². The lowest BCUT2D eigenvalue weighted by Gasteiger charge is -2.46. The Bertz CT molecular complexity index is 1100. The zero-order valence-electron chi connectivity index (χ0n) is 23.8. The summed E-state index contributed by atoms with van der Waals surface area (Å²) in [5.74, 6) is -0.951. The Morgan fingerprint density at radius 2 is 1.95 bits per heavy atom. The lowest BCUT2D eigenvalue weighted by molar-refractivity contribution is -0.163. The van der Waals surface area contributed by atoms with Gasteiger partial charge in [0.1, 0.15) is 5.70 Å². The third kappa shape index (κ3) is 6.85. The number of urea groups is 1. The van der Waals surface area contributed by atoms with E-state index in [0.29, 0.717) is 49.8 Å². The Balaban J connectivity index is 1.18. The predicted molar refractivity (Wildman–Crippen MR) is 156 cm³/mol. The van der Waals surface area contributed by atoms with Crippen LogP contribution >= 0.6 is 23.5 Å². The van der Waals surface area contributed by atoms with E-state index < -0.39 is 18.0 Å². The predicted octanol–water partition coefficient (Wildman–Crippen LogP) is 0.837. The first kappa shape index (κ1) is 31.6. The van der Waals surface area contributed by atoms with Crippen LogP contribution in [0.25, 0.3) is 0 Å². The van der Waals surface area contributed by atoms with Crippen molar-refractivity contribution < 1.29 is 29.4 Å². The number of hydrogen-bond donors (Lipinski definition) is 3. The van der Waals surface area contributed by atoms with Gasteiger partial charge in [-0.05, 0) is 13.3 Å². The minimum absolute atomic E-state index is 0.0604. The zero-order valence-corrected chi connectivity index (χ0v) is 25.5. The fraction of sp³-hybridized carbons (Fsp3) is 0.741. The highest BCUT2D eigenvalue weighted by Gasteiger charge is 2.60. The molecule has 0 saturated carbocycles. The van der Waals surface area contributed by atoms with Crippen molar-refractivity contribution in [2.45, 2.75) is 56.5 Å². The quantitative estimate of drug-likeness (QED) is 0.225. The largest absolute Gasteiger partial charge is 0.477 e. The van der Waals surface area contributed by atoms with Crippen LogP contribution in [-0.2, 0) is 14.4 Å². The molecule has 3 saturated heterocycles. The highest BCUT2D eigenvalue weighted by atomic mass is 32.2. The number of aliphatic hydroxyl groups excluding tert-OH is 1. The number of amides is 4. The van der Waals surface area contributed by atoms with E-state index in [1.807, 2.05) is 6.92 Å². The van der Waals surface area contributed by atoms with Crippen molar-refractivity contribution in [3.63, 3.8) is 0 Å². The molecule has 0 bridgehead atoms. The molecule has 4 rings (SSSR count). The van der Waals surface area contributed by atoms with Gasteiger partial charge >= 0.3 is 12.0 Å². The summed E-state index contributed by atoms with van der Waals surface area (Å²) in [7, 11) is 1.53. The monoisotopic (exact) mass is 608 g/mol. The Kier molecular flexibility index (Phi) is 10.6. The summed E-state index contributed by atoms with van der Waals surface area (Å²) in [6, 6.07) is 1.77. The van der Waals surface area contributed by atoms with E-state index in [0.717, 1.165) is 18.7 Å². The molecular formula is C27H40N6O6S2. The number of carbonyl (C=O) groups is 4. The van der Waals surface area contributed by atoms with Crippen LogP contribution in [0.5, 0.6) is 0 Å². The maximum atomic E-state index is 12.7. The molecule has 0 unspecified atom stereocenters. The van der Waals surface area contributed by atoms with Gasteiger partial charge in [-0.1, -0.05) is 6.92 Å². The average Bonchev–Trinajstić information content (AvgIpc) is 3.49. The van der Waals surface area contributed by atoms with Crippen molar-refractivity contribution in [2.24, 2.45) is 11.8 Å². The van der Waals surface area contributed by atoms with Gasteiger partial charge in [0.15, 0.2) is 0 Å². The number of aliphatic hydroxyl groups is 1. The first-order valence-electron chi connectivity index (χ1n) is 14.2. The number of thioether (sulfide) groups is 2. The average molecular weight is 609 g/mol. The van der Waals surface area contributed by atoms with E-state index >= 15 is 0 Å². The highest BCUT2D eigenvalue weighted by molar-refractivity contribution is 8.03. The molecule has 4 amide bonds. The van der Waals surface area contributed by atoms with Gasteiger partial charge in [0.25, 0.3) is 0 Å². The SMILES string of the molecule is C[C@@H](O)[C@H]1C(=O)N2C(C(=O)O)=C(S[C@@H]3CN[C@H](CSCCC(=O)N(C)C(=O)N4CCN(CCC#N)CC4)C3)[C@H](C)[C@H]12. The fourth-order valence-corrected chi connectivity index (χ4v) is 8.64. The summed E-state index contributed by atoms with van der Waals surface area (Å²) >= 11 is 3.18. The van der Waals surface area contributed by atoms with Crippen LogP contribution in [0.2, 0.25) is 0 Å². The number of piperazine rings is 1. The van der Waals surface area contributed by atoms with Gasteiger partial charge in [0.2, 0.25) is 11.8 Å². The molecule has 0 spiro atoms. The van der Waals surface area contributed by atoms with Gasteiger partial charge in [-0.15, -0.1) is 11.8 Å². The lowest BCUT2D eigenvalue weighted by atomic mass is 9.79. The maximum Gasteiger partial charge on any atom is 0.353 e. The summed E-state index contributed by atoms with van der Waals surface area (Å²) in [5, 5.41) is 32.3. The Morgan fingerprint density at radius 1 is 1.24 bits per heavy atom. The molecule has 12 nitrogen and oxygen atoms in total. The summed E-state index contributed by atoms with van der Waals surface area (Å²) in [6.07, 6.45) is 0.755. The lowest BCUT2D eigenvalue weighted by Crippen LogP contribution is -2.63. The maximum absolute atomic E-state index is 12.7. The van der Waals surface area contributed by atoms with E-state index in [-0.39, 0.29) is 53.2 Å². The molecule has 0 aromatic heterocycles. The number of aliphatic carboxylic acids is 1. The second-order valence-electron chi connectivity index (χ2n) is 11.1. The van der Waals surface area contributed by atoms with Crippen LogP contribution in [0.4, 0.5) is 4.79 Å². The van der Waals surface area contributed by atoms with Crippen molar-refractivity contribution >= 4 is 47.3 Å². The number of nitrogens with one attached hydrogen (secondary N) is 1. The molecule has 3 N–H and O–H groups in total. The number of imide groups is 1. The van der Waals surface area contributed by atoms with Crippen LogP contribution in [-0.4, -0.2) is 135 Å². The molecule has 0 radical (unpaired) electrons. The second kappa shape index (κ2) is 13.8. The van der Waals surface area contributed by atoms with Crippen LogP contribution < -0.4 is 5.32 Å². The van der Waals surface area contributed by atoms with Gasteiger partial charge in [-0.3, -0.25) is 19.4 Å². The van der Waals surface area contributed by atoms with E-state index in [9.17, 15) is 29.4 Å². The smallest absolute Gasteiger partial charge is 0.353 e. The Hall–Kier alpha value is -2.31. The number of fused-ring (bicyclic) bond motifs is 1. The van der Waals surface area contributed by atoms with Crippen LogP contribution in [0.15, 0.2) is 10.6 Å². The minimum atomic E-state index is -1.11. The molecule has 3 fully saturated rings. The number of carbonyl (C=O) groups excluding carboxylic acids is 3. The van der Waals surface area contributed by atoms with Crippen molar-refractivity contribution in [2.75, 3.05) is 57.8 Å². The van der Waals surface area contributed by atoms with E-state index in [2.05, 4.69) is 16.3 Å². The van der Waals surface area contributed by atoms with Crippen molar-refractivity contribution in [3.05, 3.63) is 10.6 Å². The summed E-state index contributed by atoms with van der Waals surface area (Å²) < 4.78 is 0. The molecule has 14 heteroatoms. The summed E-state index contributed by atoms with van der Waals surface area (Å²) in [4.78, 5) is 57.1. The molecule has 6 atom stereocenters. The number of β-lactam (4-membered cyclic amide) rings is 1. The molecule has 226 valence electrons. The molecule has 0 aliphatic carbocycles. The molecule has 0 aromatic rings. The third-order valence-corrected chi connectivity index (χ3v) is 11.1. The third-order valence-electron chi connectivity index (χ3n) is 8.41. The summed E-state index contributed by atoms with van der Waals surface area (Å²) in [5.41, 5.74) is 0.0604. The Labute approximate surface area is 249 Å². The van der Waals surface area contributed by atoms with Gasteiger partial charge in [-0.25, -0.2) is 9.59 Å². The highest BCUT2D eigenvalue weighted by Crippen LogP contribution is 2.51. The van der Waals surface area contributed by atoms with Gasteiger partial charge in [-0.2, -0.15) is 17.0 Å². The van der Waals surface area contributed by atoms with Crippen molar-refractivity contribution in [3.8, 4) is 6.07 Å². The van der Waals surface area contributed by atoms with Crippen LogP contribution in [0.3, 0.4) is 0 Å². The number of nitrogens with zero attached hydrogens (tertiary/aromatic N) is 5. The molecule has 4 heterocycles. The number of rotatable bonds is 11. The minimum Gasteiger partial charge on any atom is -0.477 e. The van der Waals surface area contributed by atoms with Crippen molar-refractivity contribution in [1.82, 2.24) is 24.9 Å². The van der Waals surface area contributed by atoms with E-state index in [1.54, 1.807) is 23.6 Å². The standard InChI is InChI=1S/C27H40N6O6S2/c1-16-22-21(17(2)34)25(36)33(22)23(26(37)38)24(16)41-19-13-18(29-14-19)15-40-12-5-20(35)30(3)27(39)32-10-8-31(9-11-32)7-4-6-28/h16-19,21-22,29,34H,4-5,7-15H2,1-3H3,(H,37,38)/t16-,17-,18+,19+,21-,22-/m1/s1. The number of carboxylic acid groups (broad SMARTS) is 1. The molecule has 0 aromatic carbocycles. The fourth-order valence-electron chi connectivity index (χ4n) is 6.10. The second-order valence-corrected chi connectivity index (χ2v) is 13.6. The summed E-state index contributed by atoms with van der Waals surface area (Å²) in [6.45, 7) is 7.42. The normalized spacial score (nSPS) is 28.8. The molecular weight excluding hydrogens is 568 g/mol. The number of nitriles is 1. The molecule has 4 aliphatic rings. The topological polar surface area (TPSA) is 158 Å². The first-order valence-corrected chi connectivity index (χ1v) is 16.2. The van der Waals surface area contributed by atoms with Gasteiger partial charge in [0.05, 0.1) is 24.1 Å². The number of carboxylic acids is 1. The van der Waals surface area contributed by atoms with Crippen molar-refractivity contribution in [1.29, 1.82) is 5.26 Å². The molecule has 4 aliphatic heterocycles. The first-order chi connectivity index (χ1) is 19.5. The zero-order chi connectivity index (χ0) is 29.8. The van der Waals surface area contributed by atoms with Crippen LogP contribution in [0, 0.1) is 23.2 Å². The van der Waals surface area contributed by atoms with Gasteiger partial charge in [0, 0.05) is 92.8 Å². The molecule has 41 heavy (non-hydrogen) atoms. The van der Waals surface area contributed by atoms with Crippen LogP contribution in [0.1, 0.15) is 33.1 Å². The Morgan fingerprint density at radius 3 is 2.59 bits per heavy atom. The number of hydrogen-bond acceptors (Lipinski definition) is 10. The van der Waals surface area contributed by atoms with Gasteiger partial charge < -0.3 is 25.3 Å².